The van der Waals surface area contributed by atoms with Gasteiger partial charge in [0.15, 0.2) is 0 Å². The largest absolute Gasteiger partial charge is 0.464 e. The summed E-state index contributed by atoms with van der Waals surface area (Å²) in [6.07, 6.45) is 5.86. The van der Waals surface area contributed by atoms with Crippen LogP contribution in [0.5, 0.6) is 0 Å². The average Bonchev–Trinajstić information content (AvgIpc) is 3.85. The first-order valence-electron chi connectivity index (χ1n) is 23.0. The van der Waals surface area contributed by atoms with Crippen LogP contribution in [0.25, 0.3) is 33.3 Å². The number of hydrogen-bond donors (Lipinski definition) is 2. The number of esters is 1. The molecule has 2 aromatic carbocycles. The number of cyclic esters (lactones) is 1. The summed E-state index contributed by atoms with van der Waals surface area (Å²) >= 11 is 0. The Morgan fingerprint density at radius 2 is 1.84 bits per heavy atom. The molecule has 13 nitrogen and oxygen atoms in total. The van der Waals surface area contributed by atoms with Crippen molar-refractivity contribution in [1.82, 2.24) is 30.2 Å². The lowest BCUT2D eigenvalue weighted by Crippen LogP contribution is -2.63. The number of ether oxygens (including phenoxy) is 3. The van der Waals surface area contributed by atoms with Crippen molar-refractivity contribution >= 4 is 34.6 Å². The number of aryl methyl sites for hydroxylation is 1. The molecule has 4 aliphatic rings. The van der Waals surface area contributed by atoms with Crippen molar-refractivity contribution in [3.05, 3.63) is 90.3 Å². The van der Waals surface area contributed by atoms with E-state index in [4.69, 9.17) is 19.2 Å². The molecule has 0 aliphatic carbocycles. The Bertz CT molecular complexity index is 2430. The van der Waals surface area contributed by atoms with E-state index in [2.05, 4.69) is 79.1 Å². The maximum atomic E-state index is 14.7. The number of likely N-dealkylation sites (tertiary alicyclic amines) is 1. The zero-order valence-corrected chi connectivity index (χ0v) is 38.4. The van der Waals surface area contributed by atoms with Gasteiger partial charge in [0.25, 0.3) is 5.91 Å². The molecule has 4 aliphatic heterocycles. The minimum Gasteiger partial charge on any atom is -0.464 e. The van der Waals surface area contributed by atoms with E-state index in [1.54, 1.807) is 18.2 Å². The van der Waals surface area contributed by atoms with E-state index in [1.807, 2.05) is 39.0 Å². The molecule has 8 rings (SSSR count). The first-order chi connectivity index (χ1) is 30.6. The van der Waals surface area contributed by atoms with Crippen molar-refractivity contribution in [2.24, 2.45) is 17.3 Å². The van der Waals surface area contributed by atoms with Crippen LogP contribution >= 0.6 is 0 Å². The number of carbonyl (C=O) groups is 4. The molecule has 2 aromatic heterocycles. The number of amides is 3. The number of aromatic nitrogens is 2. The molecule has 13 heteroatoms. The molecule has 3 amide bonds. The summed E-state index contributed by atoms with van der Waals surface area (Å²) in [4.78, 5) is 61.9. The number of benzene rings is 2. The van der Waals surface area contributed by atoms with Crippen LogP contribution in [0.2, 0.25) is 0 Å². The second-order valence-corrected chi connectivity index (χ2v) is 19.4. The number of carbonyl (C=O) groups excluding carboxylic acids is 4. The molecule has 3 fully saturated rings. The third-order valence-electron chi connectivity index (χ3n) is 13.8. The van der Waals surface area contributed by atoms with Crippen LogP contribution in [-0.2, 0) is 52.8 Å². The summed E-state index contributed by atoms with van der Waals surface area (Å²) in [5, 5.41) is 5.78. The smallest absolute Gasteiger partial charge is 0.324 e. The Morgan fingerprint density at radius 3 is 2.58 bits per heavy atom. The van der Waals surface area contributed by atoms with Gasteiger partial charge in [-0.05, 0) is 104 Å². The Morgan fingerprint density at radius 1 is 1.06 bits per heavy atom. The number of hydrazine groups is 1. The van der Waals surface area contributed by atoms with E-state index in [1.165, 1.54) is 11.1 Å². The Kier molecular flexibility index (Phi) is 12.9. The molecule has 6 bridgehead atoms. The van der Waals surface area contributed by atoms with Crippen LogP contribution in [0.3, 0.4) is 0 Å². The lowest BCUT2D eigenvalue weighted by molar-refractivity contribution is -0.170. The normalized spacial score (nSPS) is 23.0. The lowest BCUT2D eigenvalue weighted by Gasteiger charge is -2.47. The second kappa shape index (κ2) is 18.3. The highest BCUT2D eigenvalue weighted by atomic mass is 16.5. The first-order valence-corrected chi connectivity index (χ1v) is 23.0. The van der Waals surface area contributed by atoms with Crippen molar-refractivity contribution in [3.8, 4) is 22.4 Å². The second-order valence-electron chi connectivity index (χ2n) is 19.4. The van der Waals surface area contributed by atoms with E-state index < -0.39 is 35.0 Å². The van der Waals surface area contributed by atoms with Gasteiger partial charge in [-0.15, -0.1) is 0 Å². The van der Waals surface area contributed by atoms with Gasteiger partial charge in [0.1, 0.15) is 17.7 Å². The number of nitrogens with one attached hydrogen (secondary N) is 2. The van der Waals surface area contributed by atoms with Crippen LogP contribution in [-0.4, -0.2) is 100 Å². The van der Waals surface area contributed by atoms with Crippen molar-refractivity contribution in [2.75, 3.05) is 33.4 Å². The van der Waals surface area contributed by atoms with Crippen LogP contribution in [0.15, 0.2) is 73.4 Å². The van der Waals surface area contributed by atoms with Gasteiger partial charge in [-0.2, -0.15) is 0 Å². The molecule has 64 heavy (non-hydrogen) atoms. The summed E-state index contributed by atoms with van der Waals surface area (Å²) in [5.74, 6) is -1.74. The molecule has 3 saturated heterocycles. The van der Waals surface area contributed by atoms with Crippen molar-refractivity contribution < 1.29 is 33.4 Å². The fraction of sp³-hybridized carbons (Fsp3) is 0.510. The summed E-state index contributed by atoms with van der Waals surface area (Å²) in [5.41, 5.74) is 10.3. The van der Waals surface area contributed by atoms with E-state index in [0.29, 0.717) is 45.3 Å². The van der Waals surface area contributed by atoms with Gasteiger partial charge < -0.3 is 29.0 Å². The topological polar surface area (TPSA) is 144 Å². The summed E-state index contributed by atoms with van der Waals surface area (Å²) in [7, 11) is 1.70. The Balaban J connectivity index is 1.17. The number of nitrogens with zero attached hydrogens (tertiary/aromatic N) is 4. The van der Waals surface area contributed by atoms with Gasteiger partial charge in [-0.1, -0.05) is 64.6 Å². The monoisotopic (exact) mass is 872 g/mol. The maximum absolute atomic E-state index is 14.7. The van der Waals surface area contributed by atoms with Crippen molar-refractivity contribution in [1.29, 1.82) is 0 Å². The van der Waals surface area contributed by atoms with Gasteiger partial charge in [0, 0.05) is 54.7 Å². The number of methoxy groups -OCH3 is 1. The van der Waals surface area contributed by atoms with Gasteiger partial charge in [-0.25, -0.2) is 5.43 Å². The molecule has 5 atom stereocenters. The molecule has 2 N–H and O–H groups in total. The highest BCUT2D eigenvalue weighted by Crippen LogP contribution is 2.44. The first kappa shape index (κ1) is 45.2. The molecule has 6 heterocycles. The zero-order valence-electron chi connectivity index (χ0n) is 38.4. The summed E-state index contributed by atoms with van der Waals surface area (Å²) < 4.78 is 20.9. The highest BCUT2D eigenvalue weighted by molar-refractivity contribution is 5.95. The maximum Gasteiger partial charge on any atom is 0.324 e. The fourth-order valence-corrected chi connectivity index (χ4v) is 10.4. The number of fused-ring (bicyclic) bond motifs is 6. The number of hydrogen-bond acceptors (Lipinski definition) is 9. The van der Waals surface area contributed by atoms with E-state index in [-0.39, 0.29) is 48.9 Å². The third kappa shape index (κ3) is 8.86. The molecular formula is C51H64N6O7. The van der Waals surface area contributed by atoms with E-state index in [9.17, 15) is 19.2 Å². The summed E-state index contributed by atoms with van der Waals surface area (Å²) in [6, 6.07) is 17.2. The SMILES string of the molecule is C=CC(=O)N1CC2(CC[C@@H](C(C(=O)N[C@H]3Cc4cccc(c4)-c4ccc5c(c4)c(c(-c4cccnc4[C@H](C)OC)n5CC)CC(C)(C)COC(=O)[C@@H]4CCCN(N4)C3=O)C(C)C)O2)C1. The van der Waals surface area contributed by atoms with E-state index >= 15 is 0 Å². The molecule has 340 valence electrons. The van der Waals surface area contributed by atoms with Gasteiger partial charge >= 0.3 is 5.97 Å². The van der Waals surface area contributed by atoms with Crippen molar-refractivity contribution in [3.63, 3.8) is 0 Å². The predicted octanol–water partition coefficient (Wildman–Crippen LogP) is 6.96. The summed E-state index contributed by atoms with van der Waals surface area (Å²) in [6.45, 7) is 18.2. The van der Waals surface area contributed by atoms with Crippen LogP contribution in [0.1, 0.15) is 90.2 Å². The molecule has 0 radical (unpaired) electrons. The standard InChI is InChI=1S/C51H64N6O7/c1-9-43(58)55-28-51(29-55)21-20-42(64-51)44(31(3)4)47(59)53-40-25-33-14-11-15-34(24-33)35-18-19-41-37(26-35)38(46(56(41)10-2)36-16-12-22-52-45(36)32(5)62-8)27-50(6,7)30-63-49(61)39-17-13-23-57(54-39)48(40)60/h9,11-12,14-16,18-19,22,24,26,31-32,39-40,42,44,54H,1,10,13,17,20-21,23,25,27-30H2,2-8H3,(H,53,59)/t32-,39-,40-,42-,44?/m0/s1. The highest BCUT2D eigenvalue weighted by Gasteiger charge is 2.53. The van der Waals surface area contributed by atoms with Gasteiger partial charge in [0.05, 0.1) is 49.2 Å². The minimum atomic E-state index is -0.942. The molecular weight excluding hydrogens is 809 g/mol. The van der Waals surface area contributed by atoms with Crippen molar-refractivity contribution in [2.45, 2.75) is 117 Å². The number of pyridine rings is 1. The van der Waals surface area contributed by atoms with Gasteiger partial charge in [0.2, 0.25) is 11.8 Å². The quantitative estimate of drug-likeness (QED) is 0.135. The third-order valence-corrected chi connectivity index (χ3v) is 13.8. The molecule has 0 saturated carbocycles. The van der Waals surface area contributed by atoms with Crippen LogP contribution in [0.4, 0.5) is 0 Å². The molecule has 1 spiro atoms. The fourth-order valence-electron chi connectivity index (χ4n) is 10.4. The number of rotatable bonds is 9. The molecule has 4 aromatic rings. The van der Waals surface area contributed by atoms with Gasteiger partial charge in [-0.3, -0.25) is 29.2 Å². The Hall–Kier alpha value is -5.37. The molecule has 1 unspecified atom stereocenters. The Labute approximate surface area is 376 Å². The zero-order chi connectivity index (χ0) is 45.5. The van der Waals surface area contributed by atoms with Crippen LogP contribution in [0, 0.1) is 17.3 Å². The predicted molar refractivity (Wildman–Crippen MR) is 246 cm³/mol. The average molecular weight is 873 g/mol. The lowest BCUT2D eigenvalue weighted by atomic mass is 9.84. The van der Waals surface area contributed by atoms with E-state index in [0.717, 1.165) is 63.1 Å². The van der Waals surface area contributed by atoms with Crippen LogP contribution < -0.4 is 10.7 Å². The minimum absolute atomic E-state index is 0.0868.